The van der Waals surface area contributed by atoms with Gasteiger partial charge >= 0.3 is 0 Å². The van der Waals surface area contributed by atoms with E-state index in [1.54, 1.807) is 45.3 Å². The number of nitrogens with zero attached hydrogens (tertiary/aromatic N) is 1. The third-order valence-electron chi connectivity index (χ3n) is 5.51. The SMILES string of the molecule is Cc1ccc(-c2ccc(-c3cc4c(=O)n(-c5ccccc5)c(=O)c5cc(C)sc5c4s3)s2)s1. The van der Waals surface area contributed by atoms with Crippen molar-refractivity contribution in [2.45, 2.75) is 13.8 Å². The molecular formula is C26H17NO2S4. The number of fused-ring (bicyclic) bond motifs is 3. The Morgan fingerprint density at radius 3 is 1.88 bits per heavy atom. The van der Waals surface area contributed by atoms with Crippen LogP contribution in [0.4, 0.5) is 0 Å². The highest BCUT2D eigenvalue weighted by Gasteiger charge is 2.18. The van der Waals surface area contributed by atoms with E-state index in [1.807, 2.05) is 49.4 Å². The second kappa shape index (κ2) is 7.88. The molecule has 0 atom stereocenters. The molecule has 33 heavy (non-hydrogen) atoms. The second-order valence-electron chi connectivity index (χ2n) is 7.81. The molecule has 162 valence electrons. The number of aryl methyl sites for hydroxylation is 2. The molecule has 0 unspecified atom stereocenters. The maximum atomic E-state index is 13.7. The van der Waals surface area contributed by atoms with Gasteiger partial charge in [0.05, 0.1) is 25.9 Å². The molecule has 0 saturated heterocycles. The van der Waals surface area contributed by atoms with Crippen LogP contribution in [0.15, 0.2) is 76.3 Å². The first-order valence-electron chi connectivity index (χ1n) is 10.3. The van der Waals surface area contributed by atoms with Crippen LogP contribution in [0.1, 0.15) is 9.75 Å². The molecule has 1 aromatic carbocycles. The van der Waals surface area contributed by atoms with Crippen LogP contribution >= 0.6 is 45.3 Å². The highest BCUT2D eigenvalue weighted by Crippen LogP contribution is 2.43. The molecule has 0 radical (unpaired) electrons. The topological polar surface area (TPSA) is 39.1 Å². The standard InChI is InChI=1S/C26H17NO2S4/c1-14-8-9-19(30-14)20-10-11-21(32-20)22-13-18-24(33-22)23-17(12-15(2)31-23)25(28)27(26(18)29)16-6-4-3-5-7-16/h3-13H,1-2H3. The monoisotopic (exact) mass is 503 g/mol. The largest absolute Gasteiger partial charge is 0.268 e. The zero-order valence-electron chi connectivity index (χ0n) is 17.7. The van der Waals surface area contributed by atoms with Gasteiger partial charge in [0, 0.05) is 29.3 Å². The van der Waals surface area contributed by atoms with Crippen LogP contribution in [-0.4, -0.2) is 4.57 Å². The summed E-state index contributed by atoms with van der Waals surface area (Å²) >= 11 is 6.70. The Morgan fingerprint density at radius 2 is 1.18 bits per heavy atom. The summed E-state index contributed by atoms with van der Waals surface area (Å²) in [4.78, 5) is 34.2. The van der Waals surface area contributed by atoms with Crippen LogP contribution < -0.4 is 11.1 Å². The number of hydrogen-bond acceptors (Lipinski definition) is 6. The van der Waals surface area contributed by atoms with Gasteiger partial charge in [-0.15, -0.1) is 45.3 Å². The highest BCUT2D eigenvalue weighted by atomic mass is 32.1. The Kier molecular flexibility index (Phi) is 4.96. The summed E-state index contributed by atoms with van der Waals surface area (Å²) in [7, 11) is 0. The van der Waals surface area contributed by atoms with Gasteiger partial charge < -0.3 is 0 Å². The van der Waals surface area contributed by atoms with Crippen LogP contribution in [0.2, 0.25) is 0 Å². The fourth-order valence-corrected chi connectivity index (χ4v) is 8.35. The van der Waals surface area contributed by atoms with Crippen molar-refractivity contribution in [1.29, 1.82) is 0 Å². The zero-order chi connectivity index (χ0) is 22.7. The number of thiophene rings is 4. The van der Waals surface area contributed by atoms with E-state index in [2.05, 4.69) is 31.2 Å². The van der Waals surface area contributed by atoms with Crippen molar-refractivity contribution >= 4 is 65.5 Å². The maximum absolute atomic E-state index is 13.7. The quantitative estimate of drug-likeness (QED) is 0.248. The van der Waals surface area contributed by atoms with Crippen molar-refractivity contribution in [3.8, 4) is 25.2 Å². The van der Waals surface area contributed by atoms with Crippen LogP contribution in [0, 0.1) is 13.8 Å². The van der Waals surface area contributed by atoms with Crippen molar-refractivity contribution < 1.29 is 0 Å². The Labute approximate surface area is 205 Å². The third kappa shape index (κ3) is 3.43. The maximum Gasteiger partial charge on any atom is 0.266 e. The van der Waals surface area contributed by atoms with Crippen LogP contribution in [-0.2, 0) is 0 Å². The van der Waals surface area contributed by atoms with E-state index >= 15 is 0 Å². The minimum absolute atomic E-state index is 0.262. The van der Waals surface area contributed by atoms with E-state index < -0.39 is 0 Å². The van der Waals surface area contributed by atoms with E-state index in [4.69, 9.17) is 0 Å². The molecule has 0 aliphatic rings. The molecule has 6 rings (SSSR count). The van der Waals surface area contributed by atoms with Gasteiger partial charge in [-0.2, -0.15) is 0 Å². The summed E-state index contributed by atoms with van der Waals surface area (Å²) in [5.41, 5.74) is 0.0618. The van der Waals surface area contributed by atoms with Crippen molar-refractivity contribution in [3.63, 3.8) is 0 Å². The fraction of sp³-hybridized carbons (Fsp3) is 0.0769. The average Bonchev–Trinajstić information content (AvgIpc) is 3.58. The smallest absolute Gasteiger partial charge is 0.266 e. The summed E-state index contributed by atoms with van der Waals surface area (Å²) in [6, 6.07) is 21.6. The van der Waals surface area contributed by atoms with Crippen LogP contribution in [0.5, 0.6) is 0 Å². The van der Waals surface area contributed by atoms with Crippen molar-refractivity contribution in [2.24, 2.45) is 0 Å². The molecule has 0 saturated carbocycles. The van der Waals surface area contributed by atoms with E-state index in [0.717, 1.165) is 24.0 Å². The predicted molar refractivity (Wildman–Crippen MR) is 145 cm³/mol. The fourth-order valence-electron chi connectivity index (χ4n) is 4.00. The summed E-state index contributed by atoms with van der Waals surface area (Å²) in [6.07, 6.45) is 0. The Balaban J connectivity index is 1.64. The molecule has 0 bridgehead atoms. The second-order valence-corrected chi connectivity index (χ2v) is 12.5. The van der Waals surface area contributed by atoms with Crippen molar-refractivity contribution in [2.75, 3.05) is 0 Å². The summed E-state index contributed by atoms with van der Waals surface area (Å²) in [5.74, 6) is 0. The molecule has 5 heterocycles. The lowest BCUT2D eigenvalue weighted by Gasteiger charge is -2.01. The summed E-state index contributed by atoms with van der Waals surface area (Å²) in [6.45, 7) is 4.12. The molecule has 6 aromatic rings. The van der Waals surface area contributed by atoms with Gasteiger partial charge in [0.15, 0.2) is 0 Å². The van der Waals surface area contributed by atoms with Gasteiger partial charge in [-0.3, -0.25) is 9.59 Å². The lowest BCUT2D eigenvalue weighted by atomic mass is 10.3. The molecular weight excluding hydrogens is 487 g/mol. The molecule has 5 aromatic heterocycles. The molecule has 0 spiro atoms. The number of rotatable bonds is 3. The van der Waals surface area contributed by atoms with E-state index in [0.29, 0.717) is 16.5 Å². The van der Waals surface area contributed by atoms with Crippen molar-refractivity contribution in [1.82, 2.24) is 4.57 Å². The van der Waals surface area contributed by atoms with Gasteiger partial charge in [0.25, 0.3) is 11.1 Å². The molecule has 0 aliphatic heterocycles. The third-order valence-corrected chi connectivity index (χ3v) is 10.3. The number of benzene rings is 1. The first kappa shape index (κ1) is 20.7. The Morgan fingerprint density at radius 1 is 0.576 bits per heavy atom. The van der Waals surface area contributed by atoms with Gasteiger partial charge in [-0.25, -0.2) is 4.57 Å². The summed E-state index contributed by atoms with van der Waals surface area (Å²) < 4.78 is 3.10. The number of aromatic nitrogens is 1. The van der Waals surface area contributed by atoms with E-state index in [1.165, 1.54) is 19.2 Å². The Hall–Kier alpha value is -2.84. The van der Waals surface area contributed by atoms with Gasteiger partial charge in [0.1, 0.15) is 0 Å². The first-order chi connectivity index (χ1) is 16.0. The van der Waals surface area contributed by atoms with Crippen LogP contribution in [0.3, 0.4) is 0 Å². The number of para-hydroxylation sites is 1. The lowest BCUT2D eigenvalue weighted by Crippen LogP contribution is -2.28. The lowest BCUT2D eigenvalue weighted by molar-refractivity contribution is 0.976. The molecule has 0 aliphatic carbocycles. The van der Waals surface area contributed by atoms with E-state index in [9.17, 15) is 9.59 Å². The minimum atomic E-state index is -0.268. The highest BCUT2D eigenvalue weighted by molar-refractivity contribution is 7.31. The van der Waals surface area contributed by atoms with Crippen LogP contribution in [0.25, 0.3) is 45.4 Å². The molecule has 7 heteroatoms. The molecule has 0 fully saturated rings. The first-order valence-corrected chi connectivity index (χ1v) is 13.6. The Bertz CT molecular complexity index is 1780. The predicted octanol–water partition coefficient (Wildman–Crippen LogP) is 7.70. The van der Waals surface area contributed by atoms with Gasteiger partial charge in [-0.1, -0.05) is 18.2 Å². The normalized spacial score (nSPS) is 11.6. The molecule has 0 amide bonds. The van der Waals surface area contributed by atoms with Crippen molar-refractivity contribution in [3.05, 3.63) is 97.2 Å². The van der Waals surface area contributed by atoms with Gasteiger partial charge in [0.2, 0.25) is 0 Å². The van der Waals surface area contributed by atoms with E-state index in [-0.39, 0.29) is 11.1 Å². The number of hydrogen-bond donors (Lipinski definition) is 0. The zero-order valence-corrected chi connectivity index (χ0v) is 21.0. The minimum Gasteiger partial charge on any atom is -0.268 e. The summed E-state index contributed by atoms with van der Waals surface area (Å²) in [5, 5.41) is 1.19. The van der Waals surface area contributed by atoms with Gasteiger partial charge in [-0.05, 0) is 62.4 Å². The molecule has 3 nitrogen and oxygen atoms in total. The molecule has 0 N–H and O–H groups in total. The average molecular weight is 504 g/mol.